The highest BCUT2D eigenvalue weighted by Gasteiger charge is 2.30. The molecular weight excluding hydrogens is 272 g/mol. The molecule has 1 saturated heterocycles. The van der Waals surface area contributed by atoms with Gasteiger partial charge in [-0.1, -0.05) is 0 Å². The van der Waals surface area contributed by atoms with Crippen LogP contribution in [-0.2, 0) is 10.0 Å². The van der Waals surface area contributed by atoms with Gasteiger partial charge in [0.15, 0.2) is 0 Å². The summed E-state index contributed by atoms with van der Waals surface area (Å²) < 4.78 is 26.1. The smallest absolute Gasteiger partial charge is 0.243 e. The van der Waals surface area contributed by atoms with Gasteiger partial charge in [0, 0.05) is 18.8 Å². The van der Waals surface area contributed by atoms with E-state index in [4.69, 9.17) is 5.73 Å². The van der Waals surface area contributed by atoms with Gasteiger partial charge in [-0.25, -0.2) is 8.42 Å². The zero-order valence-corrected chi connectivity index (χ0v) is 11.7. The minimum Gasteiger partial charge on any atom is -0.506 e. The summed E-state index contributed by atoms with van der Waals surface area (Å²) in [7, 11) is -1.94. The molecule has 0 bridgehead atoms. The van der Waals surface area contributed by atoms with E-state index in [1.54, 1.807) is 18.8 Å². The molecule has 0 aromatic heterocycles. The van der Waals surface area contributed by atoms with Crippen molar-refractivity contribution in [2.75, 3.05) is 24.3 Å². The molecule has 1 aromatic rings. The number of sulfonamides is 1. The van der Waals surface area contributed by atoms with Crippen molar-refractivity contribution in [2.45, 2.75) is 17.4 Å². The lowest BCUT2D eigenvalue weighted by atomic mass is 10.3. The van der Waals surface area contributed by atoms with E-state index >= 15 is 0 Å². The van der Waals surface area contributed by atoms with Gasteiger partial charge in [-0.2, -0.15) is 16.1 Å². The molecule has 5 nitrogen and oxygen atoms in total. The van der Waals surface area contributed by atoms with Gasteiger partial charge < -0.3 is 10.8 Å². The monoisotopic (exact) mass is 288 g/mol. The van der Waals surface area contributed by atoms with Gasteiger partial charge in [0.25, 0.3) is 0 Å². The molecule has 1 atom stereocenters. The van der Waals surface area contributed by atoms with Crippen molar-refractivity contribution in [2.24, 2.45) is 0 Å². The van der Waals surface area contributed by atoms with E-state index in [1.165, 1.54) is 22.5 Å². The molecule has 0 saturated carbocycles. The Morgan fingerprint density at radius 3 is 2.78 bits per heavy atom. The van der Waals surface area contributed by atoms with E-state index in [9.17, 15) is 13.5 Å². The molecule has 7 heteroatoms. The summed E-state index contributed by atoms with van der Waals surface area (Å²) in [5.41, 5.74) is 5.61. The molecule has 0 aliphatic carbocycles. The number of aromatic hydroxyl groups is 1. The summed E-state index contributed by atoms with van der Waals surface area (Å²) in [6.07, 6.45) is 0.869. The van der Waals surface area contributed by atoms with Crippen LogP contribution in [0.4, 0.5) is 5.69 Å². The second-order valence-corrected chi connectivity index (χ2v) is 7.41. The minimum atomic E-state index is -3.53. The molecule has 1 heterocycles. The molecule has 1 unspecified atom stereocenters. The van der Waals surface area contributed by atoms with E-state index in [2.05, 4.69) is 0 Å². The largest absolute Gasteiger partial charge is 0.506 e. The molecule has 1 aliphatic rings. The lowest BCUT2D eigenvalue weighted by molar-refractivity contribution is 0.394. The molecule has 3 N–H and O–H groups in total. The van der Waals surface area contributed by atoms with Gasteiger partial charge in [0.2, 0.25) is 10.0 Å². The van der Waals surface area contributed by atoms with Crippen LogP contribution < -0.4 is 5.73 Å². The van der Waals surface area contributed by atoms with Crippen LogP contribution in [0.3, 0.4) is 0 Å². The van der Waals surface area contributed by atoms with E-state index in [0.29, 0.717) is 0 Å². The second-order valence-electron chi connectivity index (χ2n) is 4.26. The molecule has 1 aromatic carbocycles. The number of nitrogens with two attached hydrogens (primary N) is 1. The highest BCUT2D eigenvalue weighted by molar-refractivity contribution is 7.99. The summed E-state index contributed by atoms with van der Waals surface area (Å²) >= 11 is 1.76. The standard InChI is InChI=1S/C11H16N2O3S2/c1-13(8-4-5-17-7-8)18(15,16)9-2-3-11(14)10(12)6-9/h2-3,6,8,14H,4-5,7,12H2,1H3. The third kappa shape index (κ3) is 2.43. The summed E-state index contributed by atoms with van der Waals surface area (Å²) in [6.45, 7) is 0. The number of thioether (sulfide) groups is 1. The predicted molar refractivity (Wildman–Crippen MR) is 73.2 cm³/mol. The molecule has 1 fully saturated rings. The minimum absolute atomic E-state index is 0.0371. The van der Waals surface area contributed by atoms with Crippen LogP contribution in [-0.4, -0.2) is 42.4 Å². The van der Waals surface area contributed by atoms with Crippen LogP contribution in [0.15, 0.2) is 23.1 Å². The lowest BCUT2D eigenvalue weighted by Crippen LogP contribution is -2.36. The third-order valence-electron chi connectivity index (χ3n) is 3.10. The zero-order chi connectivity index (χ0) is 13.3. The Kier molecular flexibility index (Phi) is 3.74. The first-order chi connectivity index (χ1) is 8.43. The van der Waals surface area contributed by atoms with E-state index in [1.807, 2.05) is 0 Å². The average Bonchev–Trinajstić information content (AvgIpc) is 2.85. The molecule has 100 valence electrons. The fourth-order valence-electron chi connectivity index (χ4n) is 1.86. The van der Waals surface area contributed by atoms with Crippen molar-refractivity contribution >= 4 is 27.5 Å². The van der Waals surface area contributed by atoms with E-state index in [-0.39, 0.29) is 22.4 Å². The SMILES string of the molecule is CN(C1CCSC1)S(=O)(=O)c1ccc(O)c(N)c1. The van der Waals surface area contributed by atoms with Gasteiger partial charge in [0.05, 0.1) is 10.6 Å². The first-order valence-electron chi connectivity index (χ1n) is 5.57. The Hall–Kier alpha value is -0.920. The maximum atomic E-state index is 12.4. The summed E-state index contributed by atoms with van der Waals surface area (Å²) in [5.74, 6) is 1.71. The van der Waals surface area contributed by atoms with Crippen molar-refractivity contribution in [1.82, 2.24) is 4.31 Å². The van der Waals surface area contributed by atoms with Crippen LogP contribution in [0.1, 0.15) is 6.42 Å². The highest BCUT2D eigenvalue weighted by atomic mass is 32.2. The van der Waals surface area contributed by atoms with Crippen LogP contribution >= 0.6 is 11.8 Å². The maximum absolute atomic E-state index is 12.4. The van der Waals surface area contributed by atoms with Gasteiger partial charge in [0.1, 0.15) is 5.75 Å². The van der Waals surface area contributed by atoms with E-state index < -0.39 is 10.0 Å². The fraction of sp³-hybridized carbons (Fsp3) is 0.455. The number of nitrogens with zero attached hydrogens (tertiary/aromatic N) is 1. The molecular formula is C11H16N2O3S2. The molecule has 2 rings (SSSR count). The van der Waals surface area contributed by atoms with Crippen molar-refractivity contribution in [1.29, 1.82) is 0 Å². The van der Waals surface area contributed by atoms with Gasteiger partial charge in [-0.15, -0.1) is 0 Å². The maximum Gasteiger partial charge on any atom is 0.243 e. The Balaban J connectivity index is 2.32. The predicted octanol–water partition coefficient (Wildman–Crippen LogP) is 1.10. The van der Waals surface area contributed by atoms with Crippen molar-refractivity contribution in [3.8, 4) is 5.75 Å². The third-order valence-corrected chi connectivity index (χ3v) is 6.15. The fourth-order valence-corrected chi connectivity index (χ4v) is 4.65. The molecule has 18 heavy (non-hydrogen) atoms. The number of nitrogen functional groups attached to an aromatic ring is 1. The average molecular weight is 288 g/mol. The number of hydrogen-bond donors (Lipinski definition) is 2. The molecule has 0 amide bonds. The number of anilines is 1. The number of hydrogen-bond acceptors (Lipinski definition) is 5. The molecule has 0 radical (unpaired) electrons. The normalized spacial score (nSPS) is 20.4. The van der Waals surface area contributed by atoms with Crippen molar-refractivity contribution in [3.63, 3.8) is 0 Å². The van der Waals surface area contributed by atoms with Gasteiger partial charge in [-0.3, -0.25) is 0 Å². The summed E-state index contributed by atoms with van der Waals surface area (Å²) in [5, 5.41) is 9.32. The highest BCUT2D eigenvalue weighted by Crippen LogP contribution is 2.29. The first kappa shape index (κ1) is 13.5. The molecule has 1 aliphatic heterocycles. The summed E-state index contributed by atoms with van der Waals surface area (Å²) in [4.78, 5) is 0.122. The van der Waals surface area contributed by atoms with Crippen molar-refractivity contribution < 1.29 is 13.5 Å². The van der Waals surface area contributed by atoms with Crippen LogP contribution in [0, 0.1) is 0 Å². The zero-order valence-electron chi connectivity index (χ0n) is 10.0. The Morgan fingerprint density at radius 1 is 1.50 bits per heavy atom. The van der Waals surface area contributed by atoms with Gasteiger partial charge in [-0.05, 0) is 30.4 Å². The van der Waals surface area contributed by atoms with Crippen molar-refractivity contribution in [3.05, 3.63) is 18.2 Å². The topological polar surface area (TPSA) is 83.6 Å². The van der Waals surface area contributed by atoms with Gasteiger partial charge >= 0.3 is 0 Å². The first-order valence-corrected chi connectivity index (χ1v) is 8.16. The Morgan fingerprint density at radius 2 is 2.22 bits per heavy atom. The Bertz CT molecular complexity index is 539. The quantitative estimate of drug-likeness (QED) is 0.643. The van der Waals surface area contributed by atoms with Crippen LogP contribution in [0.5, 0.6) is 5.75 Å². The number of phenols is 1. The number of benzene rings is 1. The number of phenolic OH excluding ortho intramolecular Hbond substituents is 1. The second kappa shape index (κ2) is 4.99. The molecule has 0 spiro atoms. The Labute approximate surface area is 111 Å². The van der Waals surface area contributed by atoms with E-state index in [0.717, 1.165) is 17.9 Å². The lowest BCUT2D eigenvalue weighted by Gasteiger charge is -2.23. The van der Waals surface area contributed by atoms with Crippen LogP contribution in [0.2, 0.25) is 0 Å². The summed E-state index contributed by atoms with van der Waals surface area (Å²) in [6, 6.07) is 4.01. The van der Waals surface area contributed by atoms with Crippen LogP contribution in [0.25, 0.3) is 0 Å². The number of rotatable bonds is 3.